The van der Waals surface area contributed by atoms with Crippen molar-refractivity contribution < 1.29 is 13.2 Å². The van der Waals surface area contributed by atoms with Gasteiger partial charge >= 0.3 is 6.18 Å². The highest BCUT2D eigenvalue weighted by Crippen LogP contribution is 2.49. The molecule has 0 aromatic carbocycles. The van der Waals surface area contributed by atoms with Gasteiger partial charge in [0, 0.05) is 24.4 Å². The van der Waals surface area contributed by atoms with Gasteiger partial charge in [-0.05, 0) is 24.7 Å². The van der Waals surface area contributed by atoms with E-state index in [0.29, 0.717) is 22.4 Å². The van der Waals surface area contributed by atoms with Gasteiger partial charge in [-0.2, -0.15) is 18.3 Å². The molecule has 5 rings (SSSR count). The molecule has 2 fully saturated rings. The second kappa shape index (κ2) is 6.75. The molecule has 1 aliphatic heterocycles. The van der Waals surface area contributed by atoms with Crippen LogP contribution >= 0.6 is 0 Å². The molecule has 3 aromatic rings. The minimum Gasteiger partial charge on any atom is -0.316 e. The van der Waals surface area contributed by atoms with Crippen molar-refractivity contribution >= 4 is 11.2 Å². The summed E-state index contributed by atoms with van der Waals surface area (Å²) < 4.78 is 41.6. The maximum atomic E-state index is 13.3. The number of halogens is 3. The Bertz CT molecular complexity index is 1120. The van der Waals surface area contributed by atoms with Crippen LogP contribution in [0.1, 0.15) is 68.7 Å². The van der Waals surface area contributed by atoms with Crippen LogP contribution in [0.2, 0.25) is 0 Å². The molecule has 1 unspecified atom stereocenters. The van der Waals surface area contributed by atoms with E-state index in [-0.39, 0.29) is 23.6 Å². The number of H-pyrrole nitrogens is 1. The number of rotatable bonds is 3. The third kappa shape index (κ3) is 3.50. The molecular weight excluding hydrogens is 407 g/mol. The lowest BCUT2D eigenvalue weighted by atomic mass is 9.79. The lowest BCUT2D eigenvalue weighted by Gasteiger charge is -2.39. The molecule has 1 saturated carbocycles. The van der Waals surface area contributed by atoms with Crippen LogP contribution in [0, 0.1) is 5.41 Å². The van der Waals surface area contributed by atoms with Crippen molar-refractivity contribution in [2.24, 2.45) is 5.41 Å². The number of nitrogens with zero attached hydrogens (tertiary/aromatic N) is 5. The molecule has 1 spiro atoms. The van der Waals surface area contributed by atoms with Crippen molar-refractivity contribution in [3.8, 4) is 0 Å². The number of fused-ring (bicyclic) bond motifs is 1. The standard InChI is InChI=1S/C21H26F3N7/c1-19(2,3)18-28-15(12-4-5-20(6-12)9-25-10-20)16-17(29-18)31(11-26-16)8-14-13(7-27-30-14)21(22,23)24/h7,11-12,25H,4-6,8-10H2,1-3H3,(H,27,30). The van der Waals surface area contributed by atoms with Gasteiger partial charge < -0.3 is 9.88 Å². The number of hydrogen-bond donors (Lipinski definition) is 2. The average Bonchev–Trinajstić information content (AvgIpc) is 3.37. The quantitative estimate of drug-likeness (QED) is 0.657. The third-order valence-corrected chi connectivity index (χ3v) is 6.60. The molecular formula is C21H26F3N7. The van der Waals surface area contributed by atoms with Gasteiger partial charge in [0.2, 0.25) is 0 Å². The molecule has 3 aromatic heterocycles. The van der Waals surface area contributed by atoms with E-state index >= 15 is 0 Å². The first-order valence-corrected chi connectivity index (χ1v) is 10.6. The largest absolute Gasteiger partial charge is 0.419 e. The van der Waals surface area contributed by atoms with Crippen molar-refractivity contribution in [1.29, 1.82) is 0 Å². The van der Waals surface area contributed by atoms with Crippen molar-refractivity contribution in [2.45, 2.75) is 64.1 Å². The van der Waals surface area contributed by atoms with Gasteiger partial charge in [-0.15, -0.1) is 0 Å². The Morgan fingerprint density at radius 2 is 1.97 bits per heavy atom. The average molecular weight is 433 g/mol. The number of imidazole rings is 1. The van der Waals surface area contributed by atoms with E-state index in [0.717, 1.165) is 44.2 Å². The Hall–Kier alpha value is -2.49. The number of nitrogens with one attached hydrogen (secondary N) is 2. The Morgan fingerprint density at radius 1 is 1.19 bits per heavy atom. The van der Waals surface area contributed by atoms with Gasteiger partial charge in [0.1, 0.15) is 11.3 Å². The van der Waals surface area contributed by atoms with Crippen molar-refractivity contribution in [2.75, 3.05) is 13.1 Å². The lowest BCUT2D eigenvalue weighted by Crippen LogP contribution is -2.51. The first-order chi connectivity index (χ1) is 14.6. The molecule has 10 heteroatoms. The minimum atomic E-state index is -4.47. The summed E-state index contributed by atoms with van der Waals surface area (Å²) in [5, 5.41) is 9.47. The molecule has 166 valence electrons. The topological polar surface area (TPSA) is 84.3 Å². The fourth-order valence-corrected chi connectivity index (χ4v) is 4.79. The van der Waals surface area contributed by atoms with Crippen molar-refractivity contribution in [3.63, 3.8) is 0 Å². The highest BCUT2D eigenvalue weighted by atomic mass is 19.4. The maximum Gasteiger partial charge on any atom is 0.419 e. The van der Waals surface area contributed by atoms with Crippen LogP contribution in [0.25, 0.3) is 11.2 Å². The van der Waals surface area contributed by atoms with Crippen LogP contribution in [-0.2, 0) is 18.1 Å². The zero-order valence-electron chi connectivity index (χ0n) is 17.8. The summed E-state index contributed by atoms with van der Waals surface area (Å²) in [6, 6.07) is 0. The van der Waals surface area contributed by atoms with Gasteiger partial charge in [-0.1, -0.05) is 20.8 Å². The maximum absolute atomic E-state index is 13.3. The van der Waals surface area contributed by atoms with Crippen LogP contribution in [0.5, 0.6) is 0 Å². The van der Waals surface area contributed by atoms with Gasteiger partial charge in [0.05, 0.1) is 36.0 Å². The number of hydrogen-bond acceptors (Lipinski definition) is 5. The SMILES string of the molecule is CC(C)(C)c1nc(C2CCC3(CNC3)C2)c2ncn(Cc3[nH]ncc3C(F)(F)F)c2n1. The molecule has 7 nitrogen and oxygen atoms in total. The highest BCUT2D eigenvalue weighted by Gasteiger charge is 2.45. The van der Waals surface area contributed by atoms with Crippen molar-refractivity contribution in [3.05, 3.63) is 35.3 Å². The van der Waals surface area contributed by atoms with Gasteiger partial charge in [0.15, 0.2) is 5.65 Å². The summed E-state index contributed by atoms with van der Waals surface area (Å²) in [6.45, 7) is 8.17. The van der Waals surface area contributed by atoms with E-state index in [1.54, 1.807) is 10.9 Å². The number of aromatic amines is 1. The first-order valence-electron chi connectivity index (χ1n) is 10.6. The summed E-state index contributed by atoms with van der Waals surface area (Å²) in [6.07, 6.45) is 1.17. The second-order valence-electron chi connectivity index (χ2n) is 10.0. The zero-order chi connectivity index (χ0) is 22.0. The van der Waals surface area contributed by atoms with E-state index in [9.17, 15) is 13.2 Å². The van der Waals surface area contributed by atoms with Crippen LogP contribution in [-0.4, -0.2) is 42.8 Å². The van der Waals surface area contributed by atoms with Gasteiger partial charge in [-0.3, -0.25) is 5.10 Å². The fraction of sp³-hybridized carbons (Fsp3) is 0.619. The number of alkyl halides is 3. The van der Waals surface area contributed by atoms with Gasteiger partial charge in [0.25, 0.3) is 0 Å². The predicted octanol–water partition coefficient (Wildman–Crippen LogP) is 3.77. The molecule has 2 N–H and O–H groups in total. The van der Waals surface area contributed by atoms with Crippen LogP contribution in [0.15, 0.2) is 12.5 Å². The van der Waals surface area contributed by atoms with Crippen LogP contribution in [0.4, 0.5) is 13.2 Å². The normalized spacial score (nSPS) is 21.2. The molecule has 31 heavy (non-hydrogen) atoms. The van der Waals surface area contributed by atoms with E-state index in [1.165, 1.54) is 0 Å². The van der Waals surface area contributed by atoms with E-state index < -0.39 is 11.7 Å². The summed E-state index contributed by atoms with van der Waals surface area (Å²) in [7, 11) is 0. The van der Waals surface area contributed by atoms with E-state index in [4.69, 9.17) is 9.97 Å². The predicted molar refractivity (Wildman–Crippen MR) is 109 cm³/mol. The molecule has 1 saturated heterocycles. The van der Waals surface area contributed by atoms with Crippen LogP contribution < -0.4 is 5.32 Å². The molecule has 0 radical (unpaired) electrons. The van der Waals surface area contributed by atoms with Crippen LogP contribution in [0.3, 0.4) is 0 Å². The summed E-state index contributed by atoms with van der Waals surface area (Å²) in [4.78, 5) is 14.2. The second-order valence-corrected chi connectivity index (χ2v) is 10.0. The summed E-state index contributed by atoms with van der Waals surface area (Å²) in [5.74, 6) is 0.972. The molecule has 0 bridgehead atoms. The monoisotopic (exact) mass is 433 g/mol. The van der Waals surface area contributed by atoms with Crippen molar-refractivity contribution in [1.82, 2.24) is 35.0 Å². The molecule has 2 aliphatic rings. The Balaban J connectivity index is 1.58. The summed E-state index contributed by atoms with van der Waals surface area (Å²) >= 11 is 0. The smallest absolute Gasteiger partial charge is 0.316 e. The Labute approximate surface area is 177 Å². The molecule has 1 aliphatic carbocycles. The zero-order valence-corrected chi connectivity index (χ0v) is 17.8. The minimum absolute atomic E-state index is 0.00960. The Morgan fingerprint density at radius 3 is 2.58 bits per heavy atom. The molecule has 4 heterocycles. The summed E-state index contributed by atoms with van der Waals surface area (Å²) in [5.41, 5.74) is 1.47. The van der Waals surface area contributed by atoms with Gasteiger partial charge in [-0.25, -0.2) is 15.0 Å². The first kappa shape index (κ1) is 20.4. The molecule has 0 amide bonds. The van der Waals surface area contributed by atoms with E-state index in [1.807, 2.05) is 20.8 Å². The highest BCUT2D eigenvalue weighted by molar-refractivity contribution is 5.74. The Kier molecular flexibility index (Phi) is 4.45. The molecule has 1 atom stereocenters. The number of aromatic nitrogens is 6. The van der Waals surface area contributed by atoms with E-state index in [2.05, 4.69) is 20.5 Å². The lowest BCUT2D eigenvalue weighted by molar-refractivity contribution is -0.138. The third-order valence-electron chi connectivity index (χ3n) is 6.60. The fourth-order valence-electron chi connectivity index (χ4n) is 4.79.